The van der Waals surface area contributed by atoms with Crippen LogP contribution in [0, 0.1) is 13.8 Å². The number of nitrogens with two attached hydrogens (primary N) is 1. The van der Waals surface area contributed by atoms with Crippen LogP contribution in [0.1, 0.15) is 18.1 Å². The second-order valence-corrected chi connectivity index (χ2v) is 5.46. The van der Waals surface area contributed by atoms with Gasteiger partial charge in [-0.25, -0.2) is 4.79 Å². The summed E-state index contributed by atoms with van der Waals surface area (Å²) in [6.07, 6.45) is 0. The number of ether oxygens (including phenoxy) is 1. The summed E-state index contributed by atoms with van der Waals surface area (Å²) < 4.78 is 5.33. The lowest BCUT2D eigenvalue weighted by Crippen LogP contribution is -2.30. The second kappa shape index (κ2) is 10.1. The molecular formula is C19H24N2O4. The molecule has 0 aliphatic carbocycles. The van der Waals surface area contributed by atoms with Crippen LogP contribution in [-0.2, 0) is 9.59 Å². The second-order valence-electron chi connectivity index (χ2n) is 5.46. The SMILES string of the molecule is Cc1cccc(C)c1N[C@@H](C)C(=O)Oc1ccccc1.NCC(=O)O. The summed E-state index contributed by atoms with van der Waals surface area (Å²) in [5.41, 5.74) is 7.79. The van der Waals surface area contributed by atoms with E-state index in [1.54, 1.807) is 19.1 Å². The monoisotopic (exact) mass is 344 g/mol. The van der Waals surface area contributed by atoms with Gasteiger partial charge in [0.05, 0.1) is 6.54 Å². The lowest BCUT2D eigenvalue weighted by molar-refractivity contribution is -0.136. The minimum Gasteiger partial charge on any atom is -0.480 e. The molecule has 1 atom stereocenters. The van der Waals surface area contributed by atoms with Crippen LogP contribution in [0.3, 0.4) is 0 Å². The van der Waals surface area contributed by atoms with E-state index in [1.807, 2.05) is 50.2 Å². The molecule has 0 saturated carbocycles. The molecule has 0 aliphatic rings. The molecule has 0 fully saturated rings. The number of carbonyl (C=O) groups is 2. The third-order valence-electron chi connectivity index (χ3n) is 3.33. The first-order valence-electron chi connectivity index (χ1n) is 7.86. The van der Waals surface area contributed by atoms with Crippen LogP contribution in [0.25, 0.3) is 0 Å². The van der Waals surface area contributed by atoms with Crippen molar-refractivity contribution in [2.24, 2.45) is 5.73 Å². The van der Waals surface area contributed by atoms with Gasteiger partial charge in [-0.3, -0.25) is 4.79 Å². The number of nitrogens with one attached hydrogen (secondary N) is 1. The Morgan fingerprint density at radius 1 is 1.08 bits per heavy atom. The number of carboxylic acid groups (broad SMARTS) is 1. The summed E-state index contributed by atoms with van der Waals surface area (Å²) in [5.74, 6) is -0.698. The van der Waals surface area contributed by atoms with Gasteiger partial charge in [-0.1, -0.05) is 36.4 Å². The van der Waals surface area contributed by atoms with E-state index in [9.17, 15) is 9.59 Å². The molecule has 0 heterocycles. The molecule has 134 valence electrons. The van der Waals surface area contributed by atoms with Gasteiger partial charge in [-0.15, -0.1) is 0 Å². The van der Waals surface area contributed by atoms with E-state index in [-0.39, 0.29) is 12.5 Å². The standard InChI is InChI=1S/C17H19NO2.C2H5NO2/c1-12-8-7-9-13(2)16(12)18-14(3)17(19)20-15-10-5-4-6-11-15;3-1-2(4)5/h4-11,14,18H,1-3H3;1,3H2,(H,4,5)/t14-;/m0./s1. The summed E-state index contributed by atoms with van der Waals surface area (Å²) >= 11 is 0. The van der Waals surface area contributed by atoms with Crippen molar-refractivity contribution in [3.05, 3.63) is 59.7 Å². The maximum absolute atomic E-state index is 12.1. The molecule has 0 amide bonds. The molecule has 2 rings (SSSR count). The molecule has 0 spiro atoms. The molecule has 6 heteroatoms. The number of rotatable bonds is 5. The highest BCUT2D eigenvalue weighted by molar-refractivity contribution is 5.81. The number of anilines is 1. The third-order valence-corrected chi connectivity index (χ3v) is 3.33. The first-order chi connectivity index (χ1) is 11.8. The number of carbonyl (C=O) groups excluding carboxylic acids is 1. The zero-order valence-corrected chi connectivity index (χ0v) is 14.7. The number of para-hydroxylation sites is 2. The number of carboxylic acids is 1. The minimum absolute atomic E-state index is 0.278. The van der Waals surface area contributed by atoms with Crippen LogP contribution >= 0.6 is 0 Å². The maximum atomic E-state index is 12.1. The predicted molar refractivity (Wildman–Crippen MR) is 97.8 cm³/mol. The quantitative estimate of drug-likeness (QED) is 0.569. The van der Waals surface area contributed by atoms with Crippen molar-refractivity contribution >= 4 is 17.6 Å². The van der Waals surface area contributed by atoms with Gasteiger partial charge in [-0.05, 0) is 44.0 Å². The largest absolute Gasteiger partial charge is 0.480 e. The fraction of sp³-hybridized carbons (Fsp3) is 0.263. The Kier molecular flexibility index (Phi) is 8.15. The smallest absolute Gasteiger partial charge is 0.333 e. The van der Waals surface area contributed by atoms with Crippen LogP contribution in [0.15, 0.2) is 48.5 Å². The molecule has 6 nitrogen and oxygen atoms in total. The van der Waals surface area contributed by atoms with Crippen molar-refractivity contribution < 1.29 is 19.4 Å². The van der Waals surface area contributed by atoms with Gasteiger partial charge < -0.3 is 20.9 Å². The summed E-state index contributed by atoms with van der Waals surface area (Å²) in [6.45, 7) is 5.56. The Morgan fingerprint density at radius 2 is 1.60 bits per heavy atom. The summed E-state index contributed by atoms with van der Waals surface area (Å²) in [5, 5.41) is 10.8. The molecule has 0 saturated heterocycles. The van der Waals surface area contributed by atoms with Gasteiger partial charge in [0, 0.05) is 5.69 Å². The molecule has 2 aromatic rings. The van der Waals surface area contributed by atoms with E-state index in [0.717, 1.165) is 16.8 Å². The van der Waals surface area contributed by atoms with E-state index in [4.69, 9.17) is 9.84 Å². The highest BCUT2D eigenvalue weighted by Gasteiger charge is 2.16. The van der Waals surface area contributed by atoms with Crippen LogP contribution in [0.4, 0.5) is 5.69 Å². The first-order valence-corrected chi connectivity index (χ1v) is 7.86. The Morgan fingerprint density at radius 3 is 2.08 bits per heavy atom. The third kappa shape index (κ3) is 7.05. The molecule has 25 heavy (non-hydrogen) atoms. The molecule has 0 aromatic heterocycles. The number of benzene rings is 2. The average Bonchev–Trinajstić information content (AvgIpc) is 2.59. The van der Waals surface area contributed by atoms with Gasteiger partial charge in [0.25, 0.3) is 0 Å². The number of esters is 1. The van der Waals surface area contributed by atoms with Gasteiger partial charge in [-0.2, -0.15) is 0 Å². The van der Waals surface area contributed by atoms with Crippen molar-refractivity contribution in [1.29, 1.82) is 0 Å². The topological polar surface area (TPSA) is 102 Å². The fourth-order valence-corrected chi connectivity index (χ4v) is 2.01. The number of aryl methyl sites for hydroxylation is 2. The summed E-state index contributed by atoms with van der Waals surface area (Å²) in [6, 6.07) is 14.7. The average molecular weight is 344 g/mol. The Labute approximate surface area is 147 Å². The van der Waals surface area contributed by atoms with Gasteiger partial charge in [0.15, 0.2) is 0 Å². The van der Waals surface area contributed by atoms with E-state index >= 15 is 0 Å². The lowest BCUT2D eigenvalue weighted by Gasteiger charge is -2.17. The highest BCUT2D eigenvalue weighted by Crippen LogP contribution is 2.20. The van der Waals surface area contributed by atoms with Crippen LogP contribution in [0.5, 0.6) is 5.75 Å². The minimum atomic E-state index is -0.968. The Hall–Kier alpha value is -2.86. The Balaban J connectivity index is 0.000000550. The molecule has 0 aliphatic heterocycles. The van der Waals surface area contributed by atoms with Crippen LogP contribution < -0.4 is 15.8 Å². The van der Waals surface area contributed by atoms with Crippen molar-refractivity contribution in [2.75, 3.05) is 11.9 Å². The fourth-order valence-electron chi connectivity index (χ4n) is 2.01. The van der Waals surface area contributed by atoms with E-state index in [0.29, 0.717) is 5.75 Å². The predicted octanol–water partition coefficient (Wildman–Crippen LogP) is 2.74. The number of hydrogen-bond donors (Lipinski definition) is 3. The van der Waals surface area contributed by atoms with Crippen molar-refractivity contribution in [3.63, 3.8) is 0 Å². The van der Waals surface area contributed by atoms with Crippen molar-refractivity contribution in [1.82, 2.24) is 0 Å². The zero-order chi connectivity index (χ0) is 18.8. The van der Waals surface area contributed by atoms with Crippen molar-refractivity contribution in [2.45, 2.75) is 26.8 Å². The van der Waals surface area contributed by atoms with Gasteiger partial charge >= 0.3 is 11.9 Å². The van der Waals surface area contributed by atoms with Crippen LogP contribution in [-0.4, -0.2) is 29.6 Å². The highest BCUT2D eigenvalue weighted by atomic mass is 16.5. The van der Waals surface area contributed by atoms with Gasteiger partial charge in [0.1, 0.15) is 11.8 Å². The molecular weight excluding hydrogens is 320 g/mol. The van der Waals surface area contributed by atoms with Gasteiger partial charge in [0.2, 0.25) is 0 Å². The molecule has 4 N–H and O–H groups in total. The maximum Gasteiger partial charge on any atom is 0.333 e. The first kappa shape index (κ1) is 20.2. The number of hydrogen-bond acceptors (Lipinski definition) is 5. The van der Waals surface area contributed by atoms with E-state index in [1.165, 1.54) is 0 Å². The normalized spacial score (nSPS) is 10.9. The lowest BCUT2D eigenvalue weighted by atomic mass is 10.1. The molecule has 2 aromatic carbocycles. The van der Waals surface area contributed by atoms with Crippen LogP contribution in [0.2, 0.25) is 0 Å². The molecule has 0 unspecified atom stereocenters. The number of aliphatic carboxylic acids is 1. The zero-order valence-electron chi connectivity index (χ0n) is 14.7. The van der Waals surface area contributed by atoms with Crippen molar-refractivity contribution in [3.8, 4) is 5.75 Å². The summed E-state index contributed by atoms with van der Waals surface area (Å²) in [4.78, 5) is 21.3. The van der Waals surface area contributed by atoms with E-state index in [2.05, 4.69) is 11.1 Å². The summed E-state index contributed by atoms with van der Waals surface area (Å²) in [7, 11) is 0. The molecule has 0 radical (unpaired) electrons. The molecule has 0 bridgehead atoms. The van der Waals surface area contributed by atoms with E-state index < -0.39 is 12.0 Å². The Bertz CT molecular complexity index is 682.